The van der Waals surface area contributed by atoms with Gasteiger partial charge in [-0.3, -0.25) is 9.67 Å². The Bertz CT molecular complexity index is 916. The van der Waals surface area contributed by atoms with Crippen LogP contribution in [0.2, 0.25) is 0 Å². The van der Waals surface area contributed by atoms with Gasteiger partial charge in [0.05, 0.1) is 12.2 Å². The van der Waals surface area contributed by atoms with Gasteiger partial charge in [0.25, 0.3) is 0 Å². The van der Waals surface area contributed by atoms with Crippen LogP contribution >= 0.6 is 0 Å². The minimum absolute atomic E-state index is 0.604. The first-order valence-electron chi connectivity index (χ1n) is 8.90. The normalized spacial score (nSPS) is 11.3. The molecule has 0 unspecified atom stereocenters. The number of benzene rings is 2. The molecule has 0 atom stereocenters. The number of hydrogen-bond donors (Lipinski definition) is 2. The van der Waals surface area contributed by atoms with Gasteiger partial charge in [-0.05, 0) is 30.7 Å². The van der Waals surface area contributed by atoms with Crippen molar-refractivity contribution in [3.63, 3.8) is 0 Å². The molecule has 2 aromatic carbocycles. The number of para-hydroxylation sites is 2. The number of aromatic nitrogens is 2. The molecule has 0 bridgehead atoms. The maximum absolute atomic E-state index is 6.13. The molecule has 0 amide bonds. The number of ether oxygens (including phenoxy) is 1. The van der Waals surface area contributed by atoms with Crippen molar-refractivity contribution in [1.82, 2.24) is 20.4 Å². The van der Waals surface area contributed by atoms with E-state index in [1.807, 2.05) is 67.2 Å². The second-order valence-corrected chi connectivity index (χ2v) is 6.20. The van der Waals surface area contributed by atoms with Crippen LogP contribution in [0.5, 0.6) is 11.5 Å². The van der Waals surface area contributed by atoms with Crippen molar-refractivity contribution >= 4 is 5.96 Å². The average Bonchev–Trinajstić information content (AvgIpc) is 3.10. The summed E-state index contributed by atoms with van der Waals surface area (Å²) in [6.07, 6.45) is 1.78. The molecule has 0 aliphatic heterocycles. The van der Waals surface area contributed by atoms with Crippen LogP contribution in [0.25, 0.3) is 0 Å². The number of aryl methyl sites for hydroxylation is 2. The molecule has 1 aromatic heterocycles. The summed E-state index contributed by atoms with van der Waals surface area (Å²) in [7, 11) is 3.68. The van der Waals surface area contributed by atoms with Gasteiger partial charge >= 0.3 is 0 Å². The predicted octanol–water partition coefficient (Wildman–Crippen LogP) is 3.39. The molecule has 3 rings (SSSR count). The van der Waals surface area contributed by atoms with Crippen molar-refractivity contribution in [3.8, 4) is 11.5 Å². The van der Waals surface area contributed by atoms with Crippen LogP contribution in [-0.4, -0.2) is 22.8 Å². The van der Waals surface area contributed by atoms with Crippen LogP contribution in [0.4, 0.5) is 0 Å². The Balaban J connectivity index is 1.63. The summed E-state index contributed by atoms with van der Waals surface area (Å²) in [4.78, 5) is 4.28. The van der Waals surface area contributed by atoms with E-state index in [9.17, 15) is 0 Å². The first-order valence-corrected chi connectivity index (χ1v) is 8.90. The summed E-state index contributed by atoms with van der Waals surface area (Å²) in [5.74, 6) is 2.42. The topological polar surface area (TPSA) is 63.5 Å². The summed E-state index contributed by atoms with van der Waals surface area (Å²) in [5.41, 5.74) is 3.25. The van der Waals surface area contributed by atoms with Gasteiger partial charge in [-0.25, -0.2) is 0 Å². The Labute approximate surface area is 159 Å². The second-order valence-electron chi connectivity index (χ2n) is 6.20. The fraction of sp³-hybridized carbons (Fsp3) is 0.238. The smallest absolute Gasteiger partial charge is 0.191 e. The Kier molecular flexibility index (Phi) is 6.10. The van der Waals surface area contributed by atoms with Crippen LogP contribution in [0.15, 0.2) is 65.8 Å². The minimum atomic E-state index is 0.604. The van der Waals surface area contributed by atoms with E-state index >= 15 is 0 Å². The molecule has 2 N–H and O–H groups in total. The molecule has 0 aliphatic rings. The van der Waals surface area contributed by atoms with Gasteiger partial charge < -0.3 is 15.4 Å². The number of aliphatic imine (C=N–C) groups is 1. The van der Waals surface area contributed by atoms with Crippen LogP contribution in [0.1, 0.15) is 16.8 Å². The maximum atomic E-state index is 6.13. The number of nitrogens with one attached hydrogen (secondary N) is 2. The van der Waals surface area contributed by atoms with Gasteiger partial charge in [0.15, 0.2) is 5.96 Å². The van der Waals surface area contributed by atoms with Gasteiger partial charge in [0.1, 0.15) is 11.5 Å². The van der Waals surface area contributed by atoms with E-state index in [0.717, 1.165) is 34.3 Å². The summed E-state index contributed by atoms with van der Waals surface area (Å²) in [5, 5.41) is 10.8. The lowest BCUT2D eigenvalue weighted by molar-refractivity contribution is 0.471. The van der Waals surface area contributed by atoms with E-state index < -0.39 is 0 Å². The molecule has 1 heterocycles. The lowest BCUT2D eigenvalue weighted by atomic mass is 10.2. The zero-order chi connectivity index (χ0) is 19.1. The van der Waals surface area contributed by atoms with Gasteiger partial charge in [-0.1, -0.05) is 36.4 Å². The lowest BCUT2D eigenvalue weighted by Gasteiger charge is -2.15. The highest BCUT2D eigenvalue weighted by Gasteiger charge is 2.07. The molecule has 140 valence electrons. The fourth-order valence-electron chi connectivity index (χ4n) is 2.69. The number of nitrogens with zero attached hydrogens (tertiary/aromatic N) is 3. The van der Waals surface area contributed by atoms with E-state index in [1.54, 1.807) is 13.2 Å². The quantitative estimate of drug-likeness (QED) is 0.521. The van der Waals surface area contributed by atoms with E-state index in [1.165, 1.54) is 0 Å². The molecule has 0 radical (unpaired) electrons. The minimum Gasteiger partial charge on any atom is -0.457 e. The highest BCUT2D eigenvalue weighted by molar-refractivity contribution is 5.79. The van der Waals surface area contributed by atoms with E-state index in [2.05, 4.69) is 26.8 Å². The second kappa shape index (κ2) is 8.89. The average molecular weight is 363 g/mol. The molecule has 0 saturated heterocycles. The number of rotatable bonds is 6. The highest BCUT2D eigenvalue weighted by atomic mass is 16.5. The Morgan fingerprint density at radius 2 is 1.70 bits per heavy atom. The van der Waals surface area contributed by atoms with Crippen LogP contribution in [-0.2, 0) is 20.1 Å². The largest absolute Gasteiger partial charge is 0.457 e. The predicted molar refractivity (Wildman–Crippen MR) is 108 cm³/mol. The van der Waals surface area contributed by atoms with Crippen molar-refractivity contribution in [2.45, 2.75) is 20.0 Å². The van der Waals surface area contributed by atoms with Crippen LogP contribution < -0.4 is 15.4 Å². The molecule has 27 heavy (non-hydrogen) atoms. The lowest BCUT2D eigenvalue weighted by Crippen LogP contribution is -2.36. The summed E-state index contributed by atoms with van der Waals surface area (Å²) in [6, 6.07) is 18.0. The summed E-state index contributed by atoms with van der Waals surface area (Å²) >= 11 is 0. The summed E-state index contributed by atoms with van der Waals surface area (Å²) < 4.78 is 7.97. The molecule has 0 spiro atoms. The first-order chi connectivity index (χ1) is 13.2. The SMILES string of the molecule is CN=C(NCc1ccccc1Oc1ccccc1C)NCc1ccnn1C. The molecule has 6 nitrogen and oxygen atoms in total. The highest BCUT2D eigenvalue weighted by Crippen LogP contribution is 2.27. The zero-order valence-electron chi connectivity index (χ0n) is 15.9. The van der Waals surface area contributed by atoms with Gasteiger partial charge in [0.2, 0.25) is 0 Å². The molecule has 6 heteroatoms. The molecule has 0 saturated carbocycles. The van der Waals surface area contributed by atoms with Crippen molar-refractivity contribution < 1.29 is 4.74 Å². The van der Waals surface area contributed by atoms with Gasteiger partial charge in [-0.2, -0.15) is 5.10 Å². The Morgan fingerprint density at radius 1 is 1.00 bits per heavy atom. The van der Waals surface area contributed by atoms with E-state index in [4.69, 9.17) is 4.74 Å². The van der Waals surface area contributed by atoms with Gasteiger partial charge in [0, 0.05) is 32.4 Å². The zero-order valence-corrected chi connectivity index (χ0v) is 15.9. The third-order valence-electron chi connectivity index (χ3n) is 4.32. The number of guanidine groups is 1. The first kappa shape index (κ1) is 18.5. The third kappa shape index (κ3) is 4.88. The molecular formula is C21H25N5O. The third-order valence-corrected chi connectivity index (χ3v) is 4.32. The fourth-order valence-corrected chi connectivity index (χ4v) is 2.69. The molecule has 0 fully saturated rings. The maximum Gasteiger partial charge on any atom is 0.191 e. The van der Waals surface area contributed by atoms with Crippen molar-refractivity contribution in [2.75, 3.05) is 7.05 Å². The summed E-state index contributed by atoms with van der Waals surface area (Å²) in [6.45, 7) is 3.30. The van der Waals surface area contributed by atoms with Crippen molar-refractivity contribution in [2.24, 2.45) is 12.0 Å². The number of hydrogen-bond acceptors (Lipinski definition) is 3. The Morgan fingerprint density at radius 3 is 2.41 bits per heavy atom. The van der Waals surface area contributed by atoms with Crippen molar-refractivity contribution in [1.29, 1.82) is 0 Å². The monoisotopic (exact) mass is 363 g/mol. The molecule has 0 aliphatic carbocycles. The Hall–Kier alpha value is -3.28. The van der Waals surface area contributed by atoms with Gasteiger partial charge in [-0.15, -0.1) is 0 Å². The van der Waals surface area contributed by atoms with Crippen molar-refractivity contribution in [3.05, 3.63) is 77.6 Å². The van der Waals surface area contributed by atoms with Crippen LogP contribution in [0, 0.1) is 6.92 Å². The standard InChI is InChI=1S/C21H25N5O/c1-16-8-4-6-10-19(16)27-20-11-7-5-9-17(20)14-23-21(22-2)24-15-18-12-13-25-26(18)3/h4-13H,14-15H2,1-3H3,(H2,22,23,24). The van der Waals surface area contributed by atoms with E-state index in [0.29, 0.717) is 13.1 Å². The van der Waals surface area contributed by atoms with E-state index in [-0.39, 0.29) is 0 Å². The molecular weight excluding hydrogens is 338 g/mol. The molecule has 3 aromatic rings. The van der Waals surface area contributed by atoms with Crippen LogP contribution in [0.3, 0.4) is 0 Å².